The fourth-order valence-corrected chi connectivity index (χ4v) is 1.50. The average molecular weight is 230 g/mol. The fourth-order valence-electron chi connectivity index (χ4n) is 0.903. The van der Waals surface area contributed by atoms with E-state index in [-0.39, 0.29) is 5.56 Å². The van der Waals surface area contributed by atoms with Crippen LogP contribution in [0.3, 0.4) is 0 Å². The van der Waals surface area contributed by atoms with Gasteiger partial charge >= 0.3 is 5.97 Å². The van der Waals surface area contributed by atoms with E-state index < -0.39 is 5.97 Å². The van der Waals surface area contributed by atoms with Gasteiger partial charge in [0.25, 0.3) is 0 Å². The van der Waals surface area contributed by atoms with Gasteiger partial charge < -0.3 is 10.8 Å². The summed E-state index contributed by atoms with van der Waals surface area (Å²) in [6.45, 7) is 0.335. The van der Waals surface area contributed by atoms with Crippen molar-refractivity contribution in [3.63, 3.8) is 0 Å². The van der Waals surface area contributed by atoms with E-state index in [1.165, 1.54) is 6.07 Å². The maximum atomic E-state index is 10.6. The van der Waals surface area contributed by atoms with Gasteiger partial charge in [0.2, 0.25) is 0 Å². The minimum atomic E-state index is -0.947. The second kappa shape index (κ2) is 3.69. The van der Waals surface area contributed by atoms with Crippen molar-refractivity contribution in [3.05, 3.63) is 33.8 Å². The predicted molar refractivity (Wildman–Crippen MR) is 49.0 cm³/mol. The second-order valence-electron chi connectivity index (χ2n) is 2.29. The lowest BCUT2D eigenvalue weighted by atomic mass is 10.1. The lowest BCUT2D eigenvalue weighted by Crippen LogP contribution is -2.03. The topological polar surface area (TPSA) is 63.3 Å². The summed E-state index contributed by atoms with van der Waals surface area (Å²) in [5.74, 6) is -0.947. The van der Waals surface area contributed by atoms with Crippen LogP contribution in [-0.2, 0) is 6.54 Å². The van der Waals surface area contributed by atoms with E-state index in [9.17, 15) is 4.79 Å². The van der Waals surface area contributed by atoms with Crippen LogP contribution in [0.15, 0.2) is 22.7 Å². The first kappa shape index (κ1) is 9.22. The van der Waals surface area contributed by atoms with Crippen LogP contribution in [0, 0.1) is 0 Å². The van der Waals surface area contributed by atoms with Gasteiger partial charge in [-0.25, -0.2) is 4.79 Å². The van der Waals surface area contributed by atoms with E-state index in [4.69, 9.17) is 10.8 Å². The van der Waals surface area contributed by atoms with Crippen molar-refractivity contribution in [2.45, 2.75) is 6.54 Å². The third-order valence-corrected chi connectivity index (χ3v) is 2.47. The first-order valence-electron chi connectivity index (χ1n) is 3.37. The Morgan fingerprint density at radius 3 is 2.75 bits per heavy atom. The Balaban J connectivity index is 3.23. The molecule has 0 spiro atoms. The van der Waals surface area contributed by atoms with E-state index in [0.717, 1.165) is 5.56 Å². The van der Waals surface area contributed by atoms with Gasteiger partial charge in [0.05, 0.1) is 5.56 Å². The van der Waals surface area contributed by atoms with Crippen molar-refractivity contribution < 1.29 is 9.90 Å². The molecule has 0 fully saturated rings. The molecule has 0 saturated heterocycles. The van der Waals surface area contributed by atoms with Crippen molar-refractivity contribution in [2.24, 2.45) is 5.73 Å². The number of halogens is 1. The van der Waals surface area contributed by atoms with E-state index in [1.807, 2.05) is 0 Å². The molecule has 4 heteroatoms. The molecule has 0 saturated carbocycles. The predicted octanol–water partition coefficient (Wildman–Crippen LogP) is 1.61. The summed E-state index contributed by atoms with van der Waals surface area (Å²) in [6.07, 6.45) is 0. The quantitative estimate of drug-likeness (QED) is 0.811. The monoisotopic (exact) mass is 229 g/mol. The highest BCUT2D eigenvalue weighted by Gasteiger charge is 2.09. The maximum absolute atomic E-state index is 10.6. The molecule has 1 aromatic rings. The highest BCUT2D eigenvalue weighted by atomic mass is 79.9. The molecule has 0 aliphatic rings. The van der Waals surface area contributed by atoms with Crippen LogP contribution in [0.4, 0.5) is 0 Å². The SMILES string of the molecule is NCc1cccc(C(=O)O)c1Br. The highest BCUT2D eigenvalue weighted by Crippen LogP contribution is 2.21. The van der Waals surface area contributed by atoms with E-state index in [1.54, 1.807) is 12.1 Å². The van der Waals surface area contributed by atoms with Crippen molar-refractivity contribution in [1.29, 1.82) is 0 Å². The standard InChI is InChI=1S/C8H8BrNO2/c9-7-5(4-10)2-1-3-6(7)8(11)12/h1-3H,4,10H2,(H,11,12). The number of carboxylic acids is 1. The molecule has 0 aliphatic heterocycles. The minimum Gasteiger partial charge on any atom is -0.478 e. The third kappa shape index (κ3) is 1.65. The Hall–Kier alpha value is -0.870. The zero-order valence-electron chi connectivity index (χ0n) is 6.25. The van der Waals surface area contributed by atoms with Crippen LogP contribution < -0.4 is 5.73 Å². The third-order valence-electron chi connectivity index (χ3n) is 1.53. The summed E-state index contributed by atoms with van der Waals surface area (Å²) in [5.41, 5.74) is 6.45. The average Bonchev–Trinajstić information content (AvgIpc) is 2.04. The smallest absolute Gasteiger partial charge is 0.336 e. The van der Waals surface area contributed by atoms with Gasteiger partial charge in [-0.1, -0.05) is 12.1 Å². The Morgan fingerprint density at radius 2 is 2.25 bits per heavy atom. The van der Waals surface area contributed by atoms with Crippen molar-refractivity contribution in [3.8, 4) is 0 Å². The summed E-state index contributed by atoms with van der Waals surface area (Å²) in [7, 11) is 0. The van der Waals surface area contributed by atoms with Gasteiger partial charge in [-0.15, -0.1) is 0 Å². The summed E-state index contributed by atoms with van der Waals surface area (Å²) in [6, 6.07) is 5.00. The van der Waals surface area contributed by atoms with Gasteiger partial charge in [0.1, 0.15) is 0 Å². The molecule has 0 aliphatic carbocycles. The molecule has 64 valence electrons. The second-order valence-corrected chi connectivity index (χ2v) is 3.08. The molecular formula is C8H8BrNO2. The van der Waals surface area contributed by atoms with Crippen molar-refractivity contribution in [2.75, 3.05) is 0 Å². The number of carbonyl (C=O) groups is 1. The van der Waals surface area contributed by atoms with Gasteiger partial charge in [-0.05, 0) is 27.6 Å². The van der Waals surface area contributed by atoms with Gasteiger partial charge in [-0.2, -0.15) is 0 Å². The number of hydrogen-bond donors (Lipinski definition) is 2. The molecule has 0 amide bonds. The Labute approximate surface area is 78.3 Å². The zero-order valence-corrected chi connectivity index (χ0v) is 7.84. The van der Waals surface area contributed by atoms with Crippen LogP contribution in [0.5, 0.6) is 0 Å². The lowest BCUT2D eigenvalue weighted by molar-refractivity contribution is 0.0696. The zero-order chi connectivity index (χ0) is 9.14. The number of aromatic carboxylic acids is 1. The molecule has 0 atom stereocenters. The summed E-state index contributed by atoms with van der Waals surface area (Å²) in [4.78, 5) is 10.6. The fraction of sp³-hybridized carbons (Fsp3) is 0.125. The lowest BCUT2D eigenvalue weighted by Gasteiger charge is -2.03. The number of benzene rings is 1. The maximum Gasteiger partial charge on any atom is 0.336 e. The van der Waals surface area contributed by atoms with Crippen LogP contribution >= 0.6 is 15.9 Å². The summed E-state index contributed by atoms with van der Waals surface area (Å²) in [5, 5.41) is 8.71. The molecule has 1 aromatic carbocycles. The van der Waals surface area contributed by atoms with E-state index in [0.29, 0.717) is 11.0 Å². The van der Waals surface area contributed by atoms with Crippen molar-refractivity contribution >= 4 is 21.9 Å². The largest absolute Gasteiger partial charge is 0.478 e. The number of nitrogens with two attached hydrogens (primary N) is 1. The van der Waals surface area contributed by atoms with Crippen LogP contribution in [0.1, 0.15) is 15.9 Å². The highest BCUT2D eigenvalue weighted by molar-refractivity contribution is 9.10. The van der Waals surface area contributed by atoms with Crippen LogP contribution in [0.2, 0.25) is 0 Å². The van der Waals surface area contributed by atoms with Crippen molar-refractivity contribution in [1.82, 2.24) is 0 Å². The Bertz CT molecular complexity index is 312. The first-order valence-corrected chi connectivity index (χ1v) is 4.17. The van der Waals surface area contributed by atoms with Gasteiger partial charge in [0, 0.05) is 11.0 Å². The van der Waals surface area contributed by atoms with E-state index in [2.05, 4.69) is 15.9 Å². The molecular weight excluding hydrogens is 222 g/mol. The summed E-state index contributed by atoms with van der Waals surface area (Å²) < 4.78 is 0.569. The molecule has 1 rings (SSSR count). The molecule has 3 N–H and O–H groups in total. The molecule has 0 unspecified atom stereocenters. The molecule has 0 bridgehead atoms. The Morgan fingerprint density at radius 1 is 1.58 bits per heavy atom. The number of hydrogen-bond acceptors (Lipinski definition) is 2. The first-order chi connectivity index (χ1) is 5.66. The molecule has 0 heterocycles. The molecule has 0 aromatic heterocycles. The molecule has 3 nitrogen and oxygen atoms in total. The number of rotatable bonds is 2. The van der Waals surface area contributed by atoms with Crippen LogP contribution in [-0.4, -0.2) is 11.1 Å². The normalized spacial score (nSPS) is 9.83. The van der Waals surface area contributed by atoms with Gasteiger partial charge in [-0.3, -0.25) is 0 Å². The van der Waals surface area contributed by atoms with Crippen LogP contribution in [0.25, 0.3) is 0 Å². The Kier molecular flexibility index (Phi) is 2.83. The van der Waals surface area contributed by atoms with E-state index >= 15 is 0 Å². The number of carboxylic acid groups (broad SMARTS) is 1. The minimum absolute atomic E-state index is 0.248. The van der Waals surface area contributed by atoms with Gasteiger partial charge in [0.15, 0.2) is 0 Å². The molecule has 12 heavy (non-hydrogen) atoms. The summed E-state index contributed by atoms with van der Waals surface area (Å²) >= 11 is 3.18. The molecule has 0 radical (unpaired) electrons.